The zero-order valence-corrected chi connectivity index (χ0v) is 11.1. The standard InChI is InChI=1S/C15H20N2O/c1-11-6-8-13-12(5-3-4-10-16)7-9-14(18-2)15(13)17-11/h6-9H,3-5,10,16H2,1-2H3. The van der Waals surface area contributed by atoms with Crippen LogP contribution in [-0.4, -0.2) is 18.6 Å². The number of nitrogens with two attached hydrogens (primary N) is 1. The summed E-state index contributed by atoms with van der Waals surface area (Å²) in [6.45, 7) is 2.76. The Hall–Kier alpha value is -1.61. The van der Waals surface area contributed by atoms with Crippen LogP contribution in [0.15, 0.2) is 24.3 Å². The first kappa shape index (κ1) is 12.8. The monoisotopic (exact) mass is 244 g/mol. The zero-order valence-electron chi connectivity index (χ0n) is 11.1. The van der Waals surface area contributed by atoms with Crippen LogP contribution < -0.4 is 10.5 Å². The van der Waals surface area contributed by atoms with Crippen LogP contribution in [-0.2, 0) is 6.42 Å². The summed E-state index contributed by atoms with van der Waals surface area (Å²) in [5, 5.41) is 1.19. The number of unbranched alkanes of at least 4 members (excludes halogenated alkanes) is 1. The fourth-order valence-corrected chi connectivity index (χ4v) is 2.19. The summed E-state index contributed by atoms with van der Waals surface area (Å²) in [6.07, 6.45) is 3.22. The van der Waals surface area contributed by atoms with Crippen LogP contribution in [0.4, 0.5) is 0 Å². The van der Waals surface area contributed by atoms with E-state index >= 15 is 0 Å². The molecule has 1 heterocycles. The van der Waals surface area contributed by atoms with Crippen molar-refractivity contribution in [3.05, 3.63) is 35.5 Å². The van der Waals surface area contributed by atoms with E-state index in [1.165, 1.54) is 10.9 Å². The van der Waals surface area contributed by atoms with Gasteiger partial charge in [0, 0.05) is 11.1 Å². The van der Waals surface area contributed by atoms with Crippen LogP contribution in [0.5, 0.6) is 5.75 Å². The minimum atomic E-state index is 0.755. The second-order valence-electron chi connectivity index (χ2n) is 4.52. The molecular formula is C15H20N2O. The van der Waals surface area contributed by atoms with Crippen molar-refractivity contribution in [3.63, 3.8) is 0 Å². The number of aromatic nitrogens is 1. The lowest BCUT2D eigenvalue weighted by Crippen LogP contribution is -2.00. The molecule has 0 radical (unpaired) electrons. The first-order valence-electron chi connectivity index (χ1n) is 6.39. The molecule has 0 aliphatic heterocycles. The van der Waals surface area contributed by atoms with E-state index in [0.717, 1.165) is 42.8 Å². The average molecular weight is 244 g/mol. The molecule has 2 N–H and O–H groups in total. The SMILES string of the molecule is COc1ccc(CCCCN)c2ccc(C)nc12. The summed E-state index contributed by atoms with van der Waals surface area (Å²) in [5.41, 5.74) is 8.84. The number of rotatable bonds is 5. The summed E-state index contributed by atoms with van der Waals surface area (Å²) < 4.78 is 5.38. The summed E-state index contributed by atoms with van der Waals surface area (Å²) in [6, 6.07) is 8.33. The largest absolute Gasteiger partial charge is 0.494 e. The third kappa shape index (κ3) is 2.62. The number of benzene rings is 1. The second-order valence-corrected chi connectivity index (χ2v) is 4.52. The molecular weight excluding hydrogens is 224 g/mol. The van der Waals surface area contributed by atoms with E-state index in [4.69, 9.17) is 10.5 Å². The number of pyridine rings is 1. The van der Waals surface area contributed by atoms with E-state index in [1.807, 2.05) is 19.1 Å². The van der Waals surface area contributed by atoms with Gasteiger partial charge in [-0.25, -0.2) is 4.98 Å². The van der Waals surface area contributed by atoms with Gasteiger partial charge in [-0.15, -0.1) is 0 Å². The lowest BCUT2D eigenvalue weighted by molar-refractivity contribution is 0.418. The molecule has 0 fully saturated rings. The summed E-state index contributed by atoms with van der Waals surface area (Å²) in [4.78, 5) is 4.59. The maximum absolute atomic E-state index is 5.54. The minimum Gasteiger partial charge on any atom is -0.494 e. The fraction of sp³-hybridized carbons (Fsp3) is 0.400. The van der Waals surface area contributed by atoms with E-state index in [9.17, 15) is 0 Å². The molecule has 0 atom stereocenters. The van der Waals surface area contributed by atoms with Crippen molar-refractivity contribution in [1.82, 2.24) is 4.98 Å². The Morgan fingerprint density at radius 1 is 1.17 bits per heavy atom. The van der Waals surface area contributed by atoms with Gasteiger partial charge in [-0.05, 0) is 50.4 Å². The van der Waals surface area contributed by atoms with Gasteiger partial charge >= 0.3 is 0 Å². The van der Waals surface area contributed by atoms with Crippen LogP contribution in [0.1, 0.15) is 24.1 Å². The number of nitrogens with zero attached hydrogens (tertiary/aromatic N) is 1. The normalized spacial score (nSPS) is 10.8. The molecule has 0 aliphatic rings. The highest BCUT2D eigenvalue weighted by molar-refractivity contribution is 5.87. The molecule has 1 aromatic carbocycles. The Bertz CT molecular complexity index is 537. The Morgan fingerprint density at radius 3 is 2.72 bits per heavy atom. The molecule has 3 heteroatoms. The van der Waals surface area contributed by atoms with Crippen LogP contribution in [0.25, 0.3) is 10.9 Å². The van der Waals surface area contributed by atoms with Gasteiger partial charge in [-0.3, -0.25) is 0 Å². The molecule has 0 aliphatic carbocycles. The topological polar surface area (TPSA) is 48.1 Å². The fourth-order valence-electron chi connectivity index (χ4n) is 2.19. The molecule has 0 saturated carbocycles. The predicted octanol–water partition coefficient (Wildman–Crippen LogP) is 2.83. The molecule has 96 valence electrons. The van der Waals surface area contributed by atoms with Gasteiger partial charge in [0.05, 0.1) is 7.11 Å². The molecule has 2 aromatic rings. The molecule has 3 nitrogen and oxygen atoms in total. The smallest absolute Gasteiger partial charge is 0.145 e. The van der Waals surface area contributed by atoms with Gasteiger partial charge < -0.3 is 10.5 Å². The molecule has 0 amide bonds. The first-order valence-corrected chi connectivity index (χ1v) is 6.39. The first-order chi connectivity index (χ1) is 8.76. The van der Waals surface area contributed by atoms with Gasteiger partial charge in [0.2, 0.25) is 0 Å². The Morgan fingerprint density at radius 2 is 2.00 bits per heavy atom. The highest BCUT2D eigenvalue weighted by Crippen LogP contribution is 2.28. The molecule has 0 unspecified atom stereocenters. The Balaban J connectivity index is 2.42. The van der Waals surface area contributed by atoms with Crippen LogP contribution in [0, 0.1) is 6.92 Å². The van der Waals surface area contributed by atoms with Crippen molar-refractivity contribution < 1.29 is 4.74 Å². The van der Waals surface area contributed by atoms with Gasteiger partial charge in [0.25, 0.3) is 0 Å². The van der Waals surface area contributed by atoms with E-state index in [0.29, 0.717) is 0 Å². The van der Waals surface area contributed by atoms with Crippen molar-refractivity contribution in [3.8, 4) is 5.75 Å². The van der Waals surface area contributed by atoms with E-state index in [1.54, 1.807) is 7.11 Å². The van der Waals surface area contributed by atoms with Gasteiger partial charge in [-0.1, -0.05) is 12.1 Å². The highest BCUT2D eigenvalue weighted by Gasteiger charge is 2.07. The quantitative estimate of drug-likeness (QED) is 0.823. The summed E-state index contributed by atoms with van der Waals surface area (Å²) in [5.74, 6) is 0.844. The van der Waals surface area contributed by atoms with E-state index < -0.39 is 0 Å². The number of hydrogen-bond donors (Lipinski definition) is 1. The van der Waals surface area contributed by atoms with Crippen molar-refractivity contribution in [1.29, 1.82) is 0 Å². The number of ether oxygens (including phenoxy) is 1. The van der Waals surface area contributed by atoms with Crippen LogP contribution in [0.2, 0.25) is 0 Å². The summed E-state index contributed by atoms with van der Waals surface area (Å²) >= 11 is 0. The third-order valence-electron chi connectivity index (χ3n) is 3.17. The molecule has 2 rings (SSSR count). The van der Waals surface area contributed by atoms with E-state index in [2.05, 4.69) is 17.1 Å². The maximum Gasteiger partial charge on any atom is 0.145 e. The van der Waals surface area contributed by atoms with Gasteiger partial charge in [-0.2, -0.15) is 0 Å². The molecule has 0 spiro atoms. The molecule has 0 saturated heterocycles. The average Bonchev–Trinajstić information content (AvgIpc) is 2.38. The third-order valence-corrected chi connectivity index (χ3v) is 3.17. The van der Waals surface area contributed by atoms with Crippen LogP contribution in [0.3, 0.4) is 0 Å². The number of methoxy groups -OCH3 is 1. The minimum absolute atomic E-state index is 0.755. The second kappa shape index (κ2) is 5.83. The van der Waals surface area contributed by atoms with Crippen molar-refractivity contribution in [2.45, 2.75) is 26.2 Å². The molecule has 0 bridgehead atoms. The van der Waals surface area contributed by atoms with E-state index in [-0.39, 0.29) is 0 Å². The lowest BCUT2D eigenvalue weighted by atomic mass is 10.0. The van der Waals surface area contributed by atoms with Gasteiger partial charge in [0.15, 0.2) is 0 Å². The molecule has 18 heavy (non-hydrogen) atoms. The molecule has 1 aromatic heterocycles. The zero-order chi connectivity index (χ0) is 13.0. The van der Waals surface area contributed by atoms with Crippen molar-refractivity contribution in [2.24, 2.45) is 5.73 Å². The van der Waals surface area contributed by atoms with Crippen LogP contribution >= 0.6 is 0 Å². The maximum atomic E-state index is 5.54. The lowest BCUT2D eigenvalue weighted by Gasteiger charge is -2.10. The van der Waals surface area contributed by atoms with Gasteiger partial charge in [0.1, 0.15) is 11.3 Å². The predicted molar refractivity (Wildman–Crippen MR) is 75.0 cm³/mol. The Kier molecular flexibility index (Phi) is 4.15. The Labute approximate surface area is 108 Å². The number of hydrogen-bond acceptors (Lipinski definition) is 3. The van der Waals surface area contributed by atoms with Crippen molar-refractivity contribution >= 4 is 10.9 Å². The van der Waals surface area contributed by atoms with Crippen molar-refractivity contribution in [2.75, 3.05) is 13.7 Å². The highest BCUT2D eigenvalue weighted by atomic mass is 16.5. The summed E-state index contributed by atoms with van der Waals surface area (Å²) in [7, 11) is 1.69. The number of aryl methyl sites for hydroxylation is 2. The number of fused-ring (bicyclic) bond motifs is 1.